The molecule has 2 aliphatic heterocycles. The number of amides is 2. The van der Waals surface area contributed by atoms with Crippen LogP contribution in [0.1, 0.15) is 110 Å². The molecule has 0 spiro atoms. The molecule has 1 aromatic rings. The number of nitrogens with one attached hydrogen (secondary N) is 1. The first-order valence-electron chi connectivity index (χ1n) is 17.6. The van der Waals surface area contributed by atoms with Gasteiger partial charge in [-0.1, -0.05) is 75.4 Å². The summed E-state index contributed by atoms with van der Waals surface area (Å²) >= 11 is 3.56. The standard InChI is InChI=1S/C36H51BrN2O8S/c1-5-24-20-36(24,34(43)38-48(44,45)27-14-15-27)21-30(40)29-18-26-22-39(29)33(42)28(35(2,3)4)19-32(41)46-16-10-8-6-7-9-11-23-12-13-25(37)17-31(23)47-26/h12-13,17,24,26-29H,5-11,14-16,18-22H2,1-4H3,(H,38,43)/t24-,26-,28-,29+,36-/m1/s1. The highest BCUT2D eigenvalue weighted by Crippen LogP contribution is 2.58. The first-order valence-corrected chi connectivity index (χ1v) is 20.0. The molecule has 0 unspecified atom stereocenters. The fraction of sp³-hybridized carbons (Fsp3) is 0.722. The summed E-state index contributed by atoms with van der Waals surface area (Å²) in [6.07, 6.45) is 7.11. The lowest BCUT2D eigenvalue weighted by Gasteiger charge is -2.34. The molecule has 2 aliphatic carbocycles. The van der Waals surface area contributed by atoms with Gasteiger partial charge in [0.1, 0.15) is 11.9 Å². The van der Waals surface area contributed by atoms with Crippen LogP contribution in [0, 0.1) is 22.7 Å². The minimum Gasteiger partial charge on any atom is -0.488 e. The molecule has 0 aromatic heterocycles. The van der Waals surface area contributed by atoms with Gasteiger partial charge in [0.2, 0.25) is 21.8 Å². The number of cyclic esters (lactones) is 1. The smallest absolute Gasteiger partial charge is 0.306 e. The van der Waals surface area contributed by atoms with Gasteiger partial charge in [0.25, 0.3) is 0 Å². The van der Waals surface area contributed by atoms with E-state index in [1.54, 1.807) is 4.90 Å². The quantitative estimate of drug-likeness (QED) is 0.341. The number of carbonyl (C=O) groups excluding carboxylic acids is 4. The lowest BCUT2D eigenvalue weighted by molar-refractivity contribution is -0.153. The molecule has 0 radical (unpaired) electrons. The van der Waals surface area contributed by atoms with Gasteiger partial charge in [-0.2, -0.15) is 0 Å². The molecular weight excluding hydrogens is 700 g/mol. The molecule has 3 fully saturated rings. The molecule has 1 saturated heterocycles. The third-order valence-corrected chi connectivity index (χ3v) is 13.0. The number of hydrogen-bond acceptors (Lipinski definition) is 8. The van der Waals surface area contributed by atoms with Crippen molar-refractivity contribution >= 4 is 49.5 Å². The number of hydrogen-bond donors (Lipinski definition) is 1. The van der Waals surface area contributed by atoms with E-state index in [1.807, 2.05) is 45.9 Å². The van der Waals surface area contributed by atoms with Crippen LogP contribution in [0.5, 0.6) is 5.75 Å². The number of ether oxygens (including phenoxy) is 2. The predicted molar refractivity (Wildman–Crippen MR) is 185 cm³/mol. The van der Waals surface area contributed by atoms with E-state index in [0.717, 1.165) is 48.6 Å². The van der Waals surface area contributed by atoms with Gasteiger partial charge in [0, 0.05) is 17.3 Å². The normalized spacial score (nSPS) is 29.1. The number of ketones is 1. The molecule has 2 saturated carbocycles. The number of sulfonamides is 1. The third-order valence-electron chi connectivity index (χ3n) is 10.7. The van der Waals surface area contributed by atoms with Crippen molar-refractivity contribution in [3.63, 3.8) is 0 Å². The summed E-state index contributed by atoms with van der Waals surface area (Å²) in [7, 11) is -3.78. The van der Waals surface area contributed by atoms with E-state index in [2.05, 4.69) is 20.7 Å². The molecule has 2 heterocycles. The summed E-state index contributed by atoms with van der Waals surface area (Å²) in [6, 6.07) is 5.08. The van der Waals surface area contributed by atoms with Crippen molar-refractivity contribution in [2.24, 2.45) is 22.7 Å². The summed E-state index contributed by atoms with van der Waals surface area (Å²) in [5, 5.41) is -0.559. The van der Waals surface area contributed by atoms with Crippen LogP contribution in [0.4, 0.5) is 0 Å². The van der Waals surface area contributed by atoms with Crippen molar-refractivity contribution in [3.8, 4) is 5.75 Å². The number of halogens is 1. The Kier molecular flexibility index (Phi) is 11.3. The zero-order valence-electron chi connectivity index (χ0n) is 28.7. The number of fused-ring (bicyclic) bond motifs is 3. The highest BCUT2D eigenvalue weighted by molar-refractivity contribution is 9.10. The van der Waals surface area contributed by atoms with Crippen molar-refractivity contribution in [1.82, 2.24) is 9.62 Å². The Bertz CT molecular complexity index is 1500. The Morgan fingerprint density at radius 3 is 2.46 bits per heavy atom. The molecule has 1 aromatic carbocycles. The number of rotatable bonds is 7. The van der Waals surface area contributed by atoms with Gasteiger partial charge in [0.05, 0.1) is 42.2 Å². The molecule has 2 bridgehead atoms. The molecule has 5 rings (SSSR count). The summed E-state index contributed by atoms with van der Waals surface area (Å²) in [5.74, 6) is -1.83. The van der Waals surface area contributed by atoms with Gasteiger partial charge in [-0.15, -0.1) is 0 Å². The topological polar surface area (TPSA) is 136 Å². The van der Waals surface area contributed by atoms with Crippen LogP contribution in [0.25, 0.3) is 0 Å². The van der Waals surface area contributed by atoms with E-state index in [-0.39, 0.29) is 43.4 Å². The molecule has 48 heavy (non-hydrogen) atoms. The van der Waals surface area contributed by atoms with Crippen LogP contribution in [0.15, 0.2) is 22.7 Å². The minimum atomic E-state index is -3.78. The number of esters is 1. The van der Waals surface area contributed by atoms with Gasteiger partial charge in [-0.05, 0) is 67.6 Å². The number of carbonyl (C=O) groups is 4. The SMILES string of the molecule is CC[C@@H]1C[C@]1(CC(=O)[C@@H]1C[C@@H]2CN1C(=O)[C@H](C(C)(C)C)CC(=O)OCCCCCCCc1ccc(Br)cc1O2)C(=O)NS(=O)(=O)C1CC1. The van der Waals surface area contributed by atoms with Gasteiger partial charge in [-0.25, -0.2) is 8.42 Å². The van der Waals surface area contributed by atoms with Crippen molar-refractivity contribution in [3.05, 3.63) is 28.2 Å². The zero-order valence-corrected chi connectivity index (χ0v) is 31.1. The van der Waals surface area contributed by atoms with Crippen molar-refractivity contribution in [1.29, 1.82) is 0 Å². The van der Waals surface area contributed by atoms with E-state index in [0.29, 0.717) is 38.0 Å². The Morgan fingerprint density at radius 2 is 1.79 bits per heavy atom. The van der Waals surface area contributed by atoms with Crippen molar-refractivity contribution in [2.45, 2.75) is 129 Å². The first-order chi connectivity index (χ1) is 22.6. The Morgan fingerprint density at radius 1 is 1.08 bits per heavy atom. The van der Waals surface area contributed by atoms with E-state index in [1.165, 1.54) is 0 Å². The fourth-order valence-corrected chi connectivity index (χ4v) is 9.12. The maximum atomic E-state index is 14.5. The minimum absolute atomic E-state index is 0.107. The summed E-state index contributed by atoms with van der Waals surface area (Å²) in [5.41, 5.74) is -0.675. The second-order valence-electron chi connectivity index (χ2n) is 15.4. The van der Waals surface area contributed by atoms with Crippen LogP contribution in [0.3, 0.4) is 0 Å². The highest BCUT2D eigenvalue weighted by Gasteiger charge is 2.61. The highest BCUT2D eigenvalue weighted by atomic mass is 79.9. The van der Waals surface area contributed by atoms with Crippen LogP contribution in [0.2, 0.25) is 0 Å². The molecule has 266 valence electrons. The van der Waals surface area contributed by atoms with Gasteiger partial charge >= 0.3 is 5.97 Å². The maximum absolute atomic E-state index is 14.5. The zero-order chi connectivity index (χ0) is 34.9. The van der Waals surface area contributed by atoms with E-state index < -0.39 is 56.0 Å². The van der Waals surface area contributed by atoms with Crippen molar-refractivity contribution < 1.29 is 37.1 Å². The largest absolute Gasteiger partial charge is 0.488 e. The van der Waals surface area contributed by atoms with Crippen LogP contribution < -0.4 is 9.46 Å². The maximum Gasteiger partial charge on any atom is 0.306 e. The second-order valence-corrected chi connectivity index (χ2v) is 18.3. The Balaban J connectivity index is 1.44. The average molecular weight is 752 g/mol. The Labute approximate surface area is 293 Å². The average Bonchev–Trinajstić information content (AvgIpc) is 3.94. The van der Waals surface area contributed by atoms with Gasteiger partial charge in [-0.3, -0.25) is 23.9 Å². The molecule has 2 amide bonds. The lowest BCUT2D eigenvalue weighted by Crippen LogP contribution is -2.48. The van der Waals surface area contributed by atoms with Crippen molar-refractivity contribution in [2.75, 3.05) is 13.2 Å². The Hall–Kier alpha value is -2.47. The molecule has 1 N–H and O–H groups in total. The summed E-state index contributed by atoms with van der Waals surface area (Å²) in [4.78, 5) is 56.8. The molecular formula is C36H51BrN2O8S. The van der Waals surface area contributed by atoms with Crippen LogP contribution in [-0.2, 0) is 40.4 Å². The third kappa shape index (κ3) is 8.63. The van der Waals surface area contributed by atoms with Crippen LogP contribution in [-0.4, -0.2) is 67.4 Å². The van der Waals surface area contributed by atoms with Gasteiger partial charge < -0.3 is 14.4 Å². The number of benzene rings is 1. The van der Waals surface area contributed by atoms with Crippen LogP contribution >= 0.6 is 15.9 Å². The summed E-state index contributed by atoms with van der Waals surface area (Å²) in [6.45, 7) is 8.09. The van der Waals surface area contributed by atoms with E-state index >= 15 is 0 Å². The van der Waals surface area contributed by atoms with E-state index in [4.69, 9.17) is 9.47 Å². The number of Topliss-reactive ketones (excluding diaryl/α,β-unsaturated/α-hetero) is 1. The lowest BCUT2D eigenvalue weighted by atomic mass is 9.77. The molecule has 12 heteroatoms. The predicted octanol–water partition coefficient (Wildman–Crippen LogP) is 5.88. The molecule has 10 nitrogen and oxygen atoms in total. The van der Waals surface area contributed by atoms with E-state index in [9.17, 15) is 27.6 Å². The molecule has 4 aliphatic rings. The monoisotopic (exact) mass is 750 g/mol. The fourth-order valence-electron chi connectivity index (χ4n) is 7.39. The molecule has 5 atom stereocenters. The summed E-state index contributed by atoms with van der Waals surface area (Å²) < 4.78 is 40.7. The number of nitrogens with zero attached hydrogens (tertiary/aromatic N) is 1. The first kappa shape index (κ1) is 36.8. The number of aryl methyl sites for hydroxylation is 1. The second kappa shape index (κ2) is 14.8. The van der Waals surface area contributed by atoms with Gasteiger partial charge in [0.15, 0.2) is 5.78 Å².